The molecule has 14 heavy (non-hydrogen) atoms. The summed E-state index contributed by atoms with van der Waals surface area (Å²) in [7, 11) is 0. The molecule has 0 fully saturated rings. The average molecular weight is 197 g/mol. The molecule has 0 spiro atoms. The summed E-state index contributed by atoms with van der Waals surface area (Å²) in [4.78, 5) is 13.7. The molecule has 4 nitrogen and oxygen atoms in total. The topological polar surface area (TPSA) is 79.8 Å². The van der Waals surface area contributed by atoms with Crippen molar-refractivity contribution in [1.29, 1.82) is 5.26 Å². The number of alkyl halides is 2. The van der Waals surface area contributed by atoms with Crippen LogP contribution in [-0.4, -0.2) is 11.3 Å². The molecule has 0 saturated carbocycles. The minimum absolute atomic E-state index is 0.156. The first kappa shape index (κ1) is 10.1. The van der Waals surface area contributed by atoms with Gasteiger partial charge in [-0.25, -0.2) is 13.8 Å². The van der Waals surface area contributed by atoms with Crippen molar-refractivity contribution >= 4 is 12.1 Å². The van der Waals surface area contributed by atoms with Gasteiger partial charge in [-0.05, 0) is 6.07 Å². The number of nitrogen functional groups attached to an aromatic ring is 1. The van der Waals surface area contributed by atoms with Gasteiger partial charge in [-0.3, -0.25) is 4.79 Å². The highest BCUT2D eigenvalue weighted by molar-refractivity contribution is 5.85. The predicted molar refractivity (Wildman–Crippen MR) is 43.7 cm³/mol. The van der Waals surface area contributed by atoms with Crippen LogP contribution in [0.3, 0.4) is 0 Å². The average Bonchev–Trinajstić information content (AvgIpc) is 2.16. The number of hydrogen-bond acceptors (Lipinski definition) is 4. The second-order valence-corrected chi connectivity index (χ2v) is 2.42. The molecule has 0 bridgehead atoms. The largest absolute Gasteiger partial charge is 0.383 e. The van der Waals surface area contributed by atoms with Crippen LogP contribution in [-0.2, 0) is 0 Å². The van der Waals surface area contributed by atoms with E-state index in [2.05, 4.69) is 4.98 Å². The van der Waals surface area contributed by atoms with Crippen LogP contribution in [0.1, 0.15) is 28.0 Å². The highest BCUT2D eigenvalue weighted by atomic mass is 19.3. The molecular weight excluding hydrogens is 192 g/mol. The molecule has 6 heteroatoms. The molecule has 0 aliphatic carbocycles. The van der Waals surface area contributed by atoms with Crippen LogP contribution in [0.15, 0.2) is 6.07 Å². The van der Waals surface area contributed by atoms with E-state index in [9.17, 15) is 13.6 Å². The van der Waals surface area contributed by atoms with Crippen molar-refractivity contribution in [1.82, 2.24) is 4.98 Å². The van der Waals surface area contributed by atoms with E-state index in [0.29, 0.717) is 6.29 Å². The number of nitrogens with zero attached hydrogens (tertiary/aromatic N) is 2. The quantitative estimate of drug-likeness (QED) is 0.724. The smallest absolute Gasteiger partial charge is 0.280 e. The van der Waals surface area contributed by atoms with E-state index in [4.69, 9.17) is 11.0 Å². The first-order valence-corrected chi connectivity index (χ1v) is 3.54. The zero-order valence-electron chi connectivity index (χ0n) is 6.87. The standard InChI is InChI=1S/C8H5F2N3O/c9-7(10)6-1-4(2-11)5(3-14)8(12)13-6/h1,3,7H,(H2,12,13). The first-order valence-electron chi connectivity index (χ1n) is 3.54. The lowest BCUT2D eigenvalue weighted by molar-refractivity contribution is 0.112. The number of carbonyl (C=O) groups excluding carboxylic acids is 1. The summed E-state index contributed by atoms with van der Waals surface area (Å²) in [6, 6.07) is 2.45. The van der Waals surface area contributed by atoms with Crippen molar-refractivity contribution in [3.8, 4) is 6.07 Å². The molecule has 0 aliphatic heterocycles. The number of carbonyl (C=O) groups is 1. The van der Waals surface area contributed by atoms with Gasteiger partial charge in [0, 0.05) is 0 Å². The number of halogens is 2. The fraction of sp³-hybridized carbons (Fsp3) is 0.125. The molecule has 1 heterocycles. The fourth-order valence-electron chi connectivity index (χ4n) is 0.923. The van der Waals surface area contributed by atoms with Gasteiger partial charge < -0.3 is 5.73 Å². The Kier molecular flexibility index (Phi) is 2.72. The number of pyridine rings is 1. The Balaban J connectivity index is 3.40. The molecule has 72 valence electrons. The first-order chi connectivity index (χ1) is 6.60. The number of nitriles is 1. The highest BCUT2D eigenvalue weighted by Crippen LogP contribution is 2.21. The maximum absolute atomic E-state index is 12.2. The maximum Gasteiger partial charge on any atom is 0.280 e. The van der Waals surface area contributed by atoms with E-state index in [1.807, 2.05) is 0 Å². The summed E-state index contributed by atoms with van der Waals surface area (Å²) >= 11 is 0. The van der Waals surface area contributed by atoms with Gasteiger partial charge in [-0.1, -0.05) is 0 Å². The number of aldehydes is 1. The lowest BCUT2D eigenvalue weighted by Crippen LogP contribution is -2.03. The van der Waals surface area contributed by atoms with E-state index < -0.39 is 12.1 Å². The third kappa shape index (κ3) is 1.66. The molecule has 0 radical (unpaired) electrons. The number of rotatable bonds is 2. The van der Waals surface area contributed by atoms with Gasteiger partial charge in [0.25, 0.3) is 6.43 Å². The third-order valence-electron chi connectivity index (χ3n) is 1.57. The SMILES string of the molecule is N#Cc1cc(C(F)F)nc(N)c1C=O. The van der Waals surface area contributed by atoms with Gasteiger partial charge in [0.05, 0.1) is 11.1 Å². The van der Waals surface area contributed by atoms with Crippen molar-refractivity contribution in [3.63, 3.8) is 0 Å². The van der Waals surface area contributed by atoms with Crippen molar-refractivity contribution < 1.29 is 13.6 Å². The summed E-state index contributed by atoms with van der Waals surface area (Å²) in [5.74, 6) is -0.352. The summed E-state index contributed by atoms with van der Waals surface area (Å²) in [5, 5.41) is 8.54. The summed E-state index contributed by atoms with van der Waals surface area (Å²) in [6.07, 6.45) is -2.50. The summed E-state index contributed by atoms with van der Waals surface area (Å²) in [5.41, 5.74) is 4.26. The Hall–Kier alpha value is -2.03. The Morgan fingerprint density at radius 1 is 1.64 bits per heavy atom. The van der Waals surface area contributed by atoms with Gasteiger partial charge in [-0.2, -0.15) is 5.26 Å². The van der Waals surface area contributed by atoms with E-state index in [1.54, 1.807) is 6.07 Å². The molecule has 0 amide bonds. The van der Waals surface area contributed by atoms with E-state index >= 15 is 0 Å². The van der Waals surface area contributed by atoms with Gasteiger partial charge in [0.1, 0.15) is 17.6 Å². The molecule has 2 N–H and O–H groups in total. The molecule has 0 atom stereocenters. The van der Waals surface area contributed by atoms with Crippen LogP contribution in [0.25, 0.3) is 0 Å². The molecule has 0 unspecified atom stereocenters. The molecule has 1 aromatic rings. The Bertz CT molecular complexity index is 412. The predicted octanol–water partition coefficient (Wildman–Crippen LogP) is 1.29. The Morgan fingerprint density at radius 2 is 2.29 bits per heavy atom. The van der Waals surface area contributed by atoms with E-state index in [-0.39, 0.29) is 16.9 Å². The van der Waals surface area contributed by atoms with Crippen molar-refractivity contribution in [2.45, 2.75) is 6.43 Å². The van der Waals surface area contributed by atoms with Gasteiger partial charge in [0.2, 0.25) is 0 Å². The van der Waals surface area contributed by atoms with Gasteiger partial charge in [-0.15, -0.1) is 0 Å². The number of hydrogen-bond donors (Lipinski definition) is 1. The van der Waals surface area contributed by atoms with Crippen LogP contribution in [0.2, 0.25) is 0 Å². The number of aromatic nitrogens is 1. The molecule has 1 rings (SSSR count). The third-order valence-corrected chi connectivity index (χ3v) is 1.57. The van der Waals surface area contributed by atoms with Crippen molar-refractivity contribution in [2.24, 2.45) is 0 Å². The monoisotopic (exact) mass is 197 g/mol. The molecule has 1 aromatic heterocycles. The zero-order chi connectivity index (χ0) is 10.7. The lowest BCUT2D eigenvalue weighted by atomic mass is 10.1. The molecular formula is C8H5F2N3O. The molecule has 0 saturated heterocycles. The Labute approximate surface area is 78.0 Å². The number of anilines is 1. The molecule has 0 aromatic carbocycles. The van der Waals surface area contributed by atoms with Crippen LogP contribution in [0.5, 0.6) is 0 Å². The van der Waals surface area contributed by atoms with E-state index in [1.165, 1.54) is 0 Å². The van der Waals surface area contributed by atoms with Crippen LogP contribution < -0.4 is 5.73 Å². The van der Waals surface area contributed by atoms with Gasteiger partial charge in [0.15, 0.2) is 6.29 Å². The van der Waals surface area contributed by atoms with Crippen LogP contribution >= 0.6 is 0 Å². The minimum Gasteiger partial charge on any atom is -0.383 e. The van der Waals surface area contributed by atoms with Crippen LogP contribution in [0, 0.1) is 11.3 Å². The second-order valence-electron chi connectivity index (χ2n) is 2.42. The maximum atomic E-state index is 12.2. The Morgan fingerprint density at radius 3 is 2.71 bits per heavy atom. The van der Waals surface area contributed by atoms with E-state index in [0.717, 1.165) is 6.07 Å². The molecule has 0 aliphatic rings. The van der Waals surface area contributed by atoms with Crippen LogP contribution in [0.4, 0.5) is 14.6 Å². The highest BCUT2D eigenvalue weighted by Gasteiger charge is 2.15. The minimum atomic E-state index is -2.81. The number of nitrogens with two attached hydrogens (primary N) is 1. The lowest BCUT2D eigenvalue weighted by Gasteiger charge is -2.03. The normalized spacial score (nSPS) is 9.86. The second kappa shape index (κ2) is 3.79. The fourth-order valence-corrected chi connectivity index (χ4v) is 0.923. The van der Waals surface area contributed by atoms with Crippen molar-refractivity contribution in [2.75, 3.05) is 5.73 Å². The zero-order valence-corrected chi connectivity index (χ0v) is 6.87. The summed E-state index contributed by atoms with van der Waals surface area (Å²) < 4.78 is 24.4. The summed E-state index contributed by atoms with van der Waals surface area (Å²) in [6.45, 7) is 0. The van der Waals surface area contributed by atoms with Gasteiger partial charge >= 0.3 is 0 Å². The van der Waals surface area contributed by atoms with Crippen molar-refractivity contribution in [3.05, 3.63) is 22.9 Å².